The molecular formula is C21H14ClFN2O3S2. The highest BCUT2D eigenvalue weighted by Gasteiger charge is 2.33. The second-order valence-corrected chi connectivity index (χ2v) is 8.71. The van der Waals surface area contributed by atoms with Crippen molar-refractivity contribution in [1.29, 1.82) is 0 Å². The third-order valence-electron chi connectivity index (χ3n) is 4.63. The minimum absolute atomic E-state index is 0.218. The van der Waals surface area contributed by atoms with Crippen LogP contribution in [-0.2, 0) is 16.1 Å². The average Bonchev–Trinajstić information content (AvgIpc) is 3.16. The largest absolute Gasteiger partial charge is 0.480 e. The van der Waals surface area contributed by atoms with Crippen molar-refractivity contribution >= 4 is 68.8 Å². The molecule has 0 unspecified atom stereocenters. The molecule has 1 amide bonds. The maximum atomic E-state index is 13.4. The lowest BCUT2D eigenvalue weighted by molar-refractivity contribution is -0.140. The van der Waals surface area contributed by atoms with Gasteiger partial charge in [0, 0.05) is 34.2 Å². The van der Waals surface area contributed by atoms with Crippen LogP contribution < -0.4 is 0 Å². The summed E-state index contributed by atoms with van der Waals surface area (Å²) >= 11 is 12.4. The Kier molecular flexibility index (Phi) is 5.64. The monoisotopic (exact) mass is 460 g/mol. The van der Waals surface area contributed by atoms with Crippen molar-refractivity contribution in [2.45, 2.75) is 6.54 Å². The van der Waals surface area contributed by atoms with Crippen LogP contribution in [0, 0.1) is 5.82 Å². The normalized spacial score (nSPS) is 15.5. The Morgan fingerprint density at radius 3 is 2.77 bits per heavy atom. The highest BCUT2D eigenvalue weighted by molar-refractivity contribution is 8.26. The van der Waals surface area contributed by atoms with Crippen LogP contribution in [0.2, 0.25) is 5.02 Å². The third kappa shape index (κ3) is 3.98. The molecule has 152 valence electrons. The number of thiocarbonyl (C=S) groups is 1. The molecule has 2 heterocycles. The zero-order valence-electron chi connectivity index (χ0n) is 15.3. The molecular weight excluding hydrogens is 447 g/mol. The molecule has 3 aromatic rings. The molecule has 0 saturated carbocycles. The van der Waals surface area contributed by atoms with E-state index in [0.717, 1.165) is 38.7 Å². The Balaban J connectivity index is 1.72. The molecule has 1 aliphatic heterocycles. The van der Waals surface area contributed by atoms with Gasteiger partial charge in [0.1, 0.15) is 16.7 Å². The van der Waals surface area contributed by atoms with Gasteiger partial charge in [0.2, 0.25) is 0 Å². The fraction of sp³-hybridized carbons (Fsp3) is 0.0952. The van der Waals surface area contributed by atoms with E-state index in [9.17, 15) is 14.0 Å². The van der Waals surface area contributed by atoms with Crippen LogP contribution in [0.5, 0.6) is 0 Å². The summed E-state index contributed by atoms with van der Waals surface area (Å²) in [5, 5.41) is 10.2. The first-order valence-corrected chi connectivity index (χ1v) is 10.4. The number of halogens is 2. The van der Waals surface area contributed by atoms with Gasteiger partial charge in [-0.15, -0.1) is 0 Å². The van der Waals surface area contributed by atoms with Gasteiger partial charge >= 0.3 is 5.97 Å². The molecule has 2 aromatic carbocycles. The Morgan fingerprint density at radius 1 is 1.27 bits per heavy atom. The van der Waals surface area contributed by atoms with Crippen LogP contribution in [0.25, 0.3) is 17.0 Å². The first kappa shape index (κ1) is 20.6. The van der Waals surface area contributed by atoms with Crippen LogP contribution in [0.4, 0.5) is 4.39 Å². The highest BCUT2D eigenvalue weighted by Crippen LogP contribution is 2.34. The zero-order chi connectivity index (χ0) is 21.4. The minimum Gasteiger partial charge on any atom is -0.480 e. The summed E-state index contributed by atoms with van der Waals surface area (Å²) in [6, 6.07) is 12.0. The number of thioether (sulfide) groups is 1. The smallest absolute Gasteiger partial charge is 0.323 e. The van der Waals surface area contributed by atoms with Crippen LogP contribution >= 0.6 is 35.6 Å². The summed E-state index contributed by atoms with van der Waals surface area (Å²) in [5.41, 5.74) is 2.47. The van der Waals surface area contributed by atoms with Crippen molar-refractivity contribution in [3.63, 3.8) is 0 Å². The van der Waals surface area contributed by atoms with E-state index in [1.807, 2.05) is 35.0 Å². The van der Waals surface area contributed by atoms with Crippen molar-refractivity contribution < 1.29 is 19.1 Å². The number of rotatable bonds is 5. The highest BCUT2D eigenvalue weighted by atomic mass is 35.5. The van der Waals surface area contributed by atoms with Crippen molar-refractivity contribution in [2.24, 2.45) is 0 Å². The molecule has 0 spiro atoms. The standard InChI is InChI=1S/C21H14ClFN2O3S2/c22-16-8-14(23)6-5-12(16)9-24-10-13(15-3-1-2-4-17(15)24)7-18-20(28)25(11-19(26)27)21(29)30-18/h1-8,10H,9,11H2,(H,26,27)/b18-7+. The van der Waals surface area contributed by atoms with E-state index in [4.69, 9.17) is 28.9 Å². The van der Waals surface area contributed by atoms with E-state index >= 15 is 0 Å². The third-order valence-corrected chi connectivity index (χ3v) is 6.36. The average molecular weight is 461 g/mol. The number of para-hydroxylation sites is 1. The number of aromatic nitrogens is 1. The van der Waals surface area contributed by atoms with Gasteiger partial charge in [0.15, 0.2) is 0 Å². The molecule has 0 radical (unpaired) electrons. The SMILES string of the molecule is O=C(O)CN1C(=O)/C(=C\c2cn(Cc3ccc(F)cc3Cl)c3ccccc23)SC1=S. The maximum absolute atomic E-state index is 13.4. The number of carbonyl (C=O) groups excluding carboxylic acids is 1. The molecule has 4 rings (SSSR count). The van der Waals surface area contributed by atoms with Gasteiger partial charge < -0.3 is 9.67 Å². The van der Waals surface area contributed by atoms with Gasteiger partial charge in [-0.2, -0.15) is 0 Å². The van der Waals surface area contributed by atoms with Crippen LogP contribution in [0.3, 0.4) is 0 Å². The van der Waals surface area contributed by atoms with Crippen molar-refractivity contribution in [1.82, 2.24) is 9.47 Å². The molecule has 1 aromatic heterocycles. The van der Waals surface area contributed by atoms with Crippen LogP contribution in [-0.4, -0.2) is 37.3 Å². The lowest BCUT2D eigenvalue weighted by atomic mass is 10.1. The fourth-order valence-corrected chi connectivity index (χ4v) is 4.74. The van der Waals surface area contributed by atoms with Gasteiger partial charge in [-0.1, -0.05) is 59.8 Å². The molecule has 30 heavy (non-hydrogen) atoms. The van der Waals surface area contributed by atoms with E-state index < -0.39 is 24.2 Å². The van der Waals surface area contributed by atoms with E-state index in [-0.39, 0.29) is 4.32 Å². The predicted octanol–water partition coefficient (Wildman–Crippen LogP) is 4.77. The molecule has 1 aliphatic rings. The number of benzene rings is 2. The molecule has 9 heteroatoms. The topological polar surface area (TPSA) is 62.5 Å². The van der Waals surface area contributed by atoms with Gasteiger partial charge in [0.05, 0.1) is 4.91 Å². The van der Waals surface area contributed by atoms with Gasteiger partial charge in [-0.05, 0) is 29.8 Å². The minimum atomic E-state index is -1.12. The Hall–Kier alpha value is -2.68. The van der Waals surface area contributed by atoms with Crippen molar-refractivity contribution in [3.05, 3.63) is 75.5 Å². The second kappa shape index (κ2) is 8.22. The molecule has 0 atom stereocenters. The Labute approximate surface area is 185 Å². The first-order chi connectivity index (χ1) is 14.3. The number of hydrogen-bond donors (Lipinski definition) is 1. The van der Waals surface area contributed by atoms with E-state index in [1.54, 1.807) is 12.1 Å². The molecule has 1 fully saturated rings. The van der Waals surface area contributed by atoms with Crippen LogP contribution in [0.15, 0.2) is 53.6 Å². The fourth-order valence-electron chi connectivity index (χ4n) is 3.27. The predicted molar refractivity (Wildman–Crippen MR) is 120 cm³/mol. The number of hydrogen-bond acceptors (Lipinski definition) is 4. The Morgan fingerprint density at radius 2 is 2.03 bits per heavy atom. The van der Waals surface area contributed by atoms with E-state index in [1.165, 1.54) is 12.1 Å². The molecule has 0 bridgehead atoms. The lowest BCUT2D eigenvalue weighted by Crippen LogP contribution is -2.33. The van der Waals surface area contributed by atoms with Crippen molar-refractivity contribution in [3.8, 4) is 0 Å². The number of carboxylic acid groups (broad SMARTS) is 1. The number of nitrogens with zero attached hydrogens (tertiary/aromatic N) is 2. The molecule has 0 aliphatic carbocycles. The number of aliphatic carboxylic acids is 1. The summed E-state index contributed by atoms with van der Waals surface area (Å²) in [4.78, 5) is 25.0. The van der Waals surface area contributed by atoms with E-state index in [2.05, 4.69) is 0 Å². The lowest BCUT2D eigenvalue weighted by Gasteiger charge is -2.10. The van der Waals surface area contributed by atoms with Crippen LogP contribution in [0.1, 0.15) is 11.1 Å². The summed E-state index contributed by atoms with van der Waals surface area (Å²) in [7, 11) is 0. The molecule has 5 nitrogen and oxygen atoms in total. The van der Waals surface area contributed by atoms with Gasteiger partial charge in [-0.3, -0.25) is 14.5 Å². The maximum Gasteiger partial charge on any atom is 0.323 e. The first-order valence-electron chi connectivity index (χ1n) is 8.82. The zero-order valence-corrected chi connectivity index (χ0v) is 17.7. The number of fused-ring (bicyclic) bond motifs is 1. The summed E-state index contributed by atoms with van der Waals surface area (Å²) in [6.07, 6.45) is 3.60. The number of carboxylic acids is 1. The summed E-state index contributed by atoms with van der Waals surface area (Å²) < 4.78 is 15.6. The second-order valence-electron chi connectivity index (χ2n) is 6.63. The molecule has 1 N–H and O–H groups in total. The van der Waals surface area contributed by atoms with E-state index in [0.29, 0.717) is 16.5 Å². The van der Waals surface area contributed by atoms with Gasteiger partial charge in [0.25, 0.3) is 5.91 Å². The van der Waals surface area contributed by atoms with Gasteiger partial charge in [-0.25, -0.2) is 4.39 Å². The van der Waals surface area contributed by atoms with Crippen molar-refractivity contribution in [2.75, 3.05) is 6.54 Å². The number of amides is 1. The summed E-state index contributed by atoms with van der Waals surface area (Å²) in [6.45, 7) is -0.0414. The number of carbonyl (C=O) groups is 2. The summed E-state index contributed by atoms with van der Waals surface area (Å²) in [5.74, 6) is -1.95. The Bertz CT molecular complexity index is 1240. The quantitative estimate of drug-likeness (QED) is 0.439. The molecule has 1 saturated heterocycles.